The molecule has 0 aromatic rings. The minimum Gasteiger partial charge on any atom is -0.396 e. The van der Waals surface area contributed by atoms with E-state index in [9.17, 15) is 4.79 Å². The van der Waals surface area contributed by atoms with Gasteiger partial charge in [-0.3, -0.25) is 4.79 Å². The van der Waals surface area contributed by atoms with Gasteiger partial charge >= 0.3 is 0 Å². The summed E-state index contributed by atoms with van der Waals surface area (Å²) in [5, 5.41) is 17.5. The third-order valence-corrected chi connectivity index (χ3v) is 2.60. The van der Waals surface area contributed by atoms with Crippen molar-refractivity contribution in [1.82, 2.24) is 4.90 Å². The number of aliphatic hydroxyl groups is 1. The summed E-state index contributed by atoms with van der Waals surface area (Å²) in [6, 6.07) is 2.05. The number of amides is 1. The van der Waals surface area contributed by atoms with Crippen LogP contribution < -0.4 is 0 Å². The molecular weight excluding hydrogens is 204 g/mol. The average molecular weight is 226 g/mol. The second-order valence-electron chi connectivity index (χ2n) is 4.39. The molecule has 0 saturated carbocycles. The quantitative estimate of drug-likeness (QED) is 0.667. The van der Waals surface area contributed by atoms with Crippen LogP contribution in [0.5, 0.6) is 0 Å². The van der Waals surface area contributed by atoms with Gasteiger partial charge in [-0.15, -0.1) is 0 Å². The average Bonchev–Trinajstić information content (AvgIpc) is 2.24. The number of carbonyl (C=O) groups excluding carboxylic acids is 1. The van der Waals surface area contributed by atoms with Crippen LogP contribution in [0.2, 0.25) is 0 Å². The highest BCUT2D eigenvalue weighted by atomic mass is 16.2. The second-order valence-corrected chi connectivity index (χ2v) is 4.39. The maximum Gasteiger partial charge on any atom is 0.239 e. The highest BCUT2D eigenvalue weighted by Gasteiger charge is 2.24. The molecule has 0 saturated heterocycles. The fourth-order valence-electron chi connectivity index (χ4n) is 1.47. The SMILES string of the molecule is CC(C)C(C#N)C(=O)N(C)CCCCCO. The Balaban J connectivity index is 4.03. The smallest absolute Gasteiger partial charge is 0.239 e. The van der Waals surface area contributed by atoms with Gasteiger partial charge in [0.2, 0.25) is 5.91 Å². The van der Waals surface area contributed by atoms with Crippen molar-refractivity contribution in [2.24, 2.45) is 11.8 Å². The van der Waals surface area contributed by atoms with Crippen molar-refractivity contribution in [3.05, 3.63) is 0 Å². The van der Waals surface area contributed by atoms with Gasteiger partial charge in [-0.25, -0.2) is 0 Å². The molecule has 0 aromatic heterocycles. The lowest BCUT2D eigenvalue weighted by Crippen LogP contribution is -2.35. The Labute approximate surface area is 97.9 Å². The molecule has 1 N–H and O–H groups in total. The number of unbranched alkanes of at least 4 members (excludes halogenated alkanes) is 2. The van der Waals surface area contributed by atoms with Crippen LogP contribution >= 0.6 is 0 Å². The van der Waals surface area contributed by atoms with Crippen LogP contribution in [-0.4, -0.2) is 36.1 Å². The van der Waals surface area contributed by atoms with Gasteiger partial charge in [-0.1, -0.05) is 13.8 Å². The molecule has 0 heterocycles. The predicted octanol–water partition coefficient (Wildman–Crippen LogP) is 1.40. The molecule has 1 atom stereocenters. The standard InChI is InChI=1S/C12H22N2O2/c1-10(2)11(9-13)12(16)14(3)7-5-4-6-8-15/h10-11,15H,4-8H2,1-3H3. The first-order valence-corrected chi connectivity index (χ1v) is 5.80. The van der Waals surface area contributed by atoms with E-state index in [1.54, 1.807) is 11.9 Å². The molecule has 0 fully saturated rings. The molecule has 0 radical (unpaired) electrons. The van der Waals surface area contributed by atoms with Crippen LogP contribution in [0.25, 0.3) is 0 Å². The first-order chi connectivity index (χ1) is 7.54. The zero-order chi connectivity index (χ0) is 12.6. The van der Waals surface area contributed by atoms with E-state index in [-0.39, 0.29) is 18.4 Å². The molecular formula is C12H22N2O2. The molecule has 92 valence electrons. The zero-order valence-corrected chi connectivity index (χ0v) is 10.4. The van der Waals surface area contributed by atoms with Crippen LogP contribution in [0.1, 0.15) is 33.1 Å². The molecule has 4 heteroatoms. The Morgan fingerprint density at radius 2 is 2.00 bits per heavy atom. The Morgan fingerprint density at radius 1 is 1.38 bits per heavy atom. The molecule has 1 unspecified atom stereocenters. The lowest BCUT2D eigenvalue weighted by Gasteiger charge is -2.21. The fourth-order valence-corrected chi connectivity index (χ4v) is 1.47. The van der Waals surface area contributed by atoms with Crippen LogP contribution in [-0.2, 0) is 4.79 Å². The van der Waals surface area contributed by atoms with Gasteiger partial charge in [0, 0.05) is 20.2 Å². The third kappa shape index (κ3) is 5.13. The Morgan fingerprint density at radius 3 is 2.44 bits per heavy atom. The lowest BCUT2D eigenvalue weighted by atomic mass is 9.96. The predicted molar refractivity (Wildman–Crippen MR) is 62.5 cm³/mol. The molecule has 0 spiro atoms. The fraction of sp³-hybridized carbons (Fsp3) is 0.833. The van der Waals surface area contributed by atoms with E-state index in [0.717, 1.165) is 19.3 Å². The number of carbonyl (C=O) groups is 1. The summed E-state index contributed by atoms with van der Waals surface area (Å²) in [7, 11) is 1.73. The van der Waals surface area contributed by atoms with Gasteiger partial charge in [0.1, 0.15) is 5.92 Å². The molecule has 0 bridgehead atoms. The molecule has 0 rings (SSSR count). The van der Waals surface area contributed by atoms with Gasteiger partial charge in [-0.2, -0.15) is 5.26 Å². The highest BCUT2D eigenvalue weighted by Crippen LogP contribution is 2.13. The number of nitrogens with zero attached hydrogens (tertiary/aromatic N) is 2. The number of hydrogen-bond donors (Lipinski definition) is 1. The van der Waals surface area contributed by atoms with Crippen LogP contribution in [0, 0.1) is 23.2 Å². The second kappa shape index (κ2) is 8.12. The summed E-state index contributed by atoms with van der Waals surface area (Å²) >= 11 is 0. The maximum atomic E-state index is 11.8. The van der Waals surface area contributed by atoms with Crippen molar-refractivity contribution < 1.29 is 9.90 Å². The molecule has 16 heavy (non-hydrogen) atoms. The molecule has 0 aliphatic heterocycles. The minimum absolute atomic E-state index is 0.0531. The van der Waals surface area contributed by atoms with Gasteiger partial charge in [-0.05, 0) is 25.2 Å². The van der Waals surface area contributed by atoms with Gasteiger partial charge in [0.25, 0.3) is 0 Å². The number of rotatable bonds is 7. The van der Waals surface area contributed by atoms with Crippen molar-refractivity contribution in [2.45, 2.75) is 33.1 Å². The van der Waals surface area contributed by atoms with E-state index in [0.29, 0.717) is 6.54 Å². The molecule has 0 aliphatic carbocycles. The summed E-state index contributed by atoms with van der Waals surface area (Å²) in [6.45, 7) is 4.62. The van der Waals surface area contributed by atoms with E-state index in [1.807, 2.05) is 13.8 Å². The lowest BCUT2D eigenvalue weighted by molar-refractivity contribution is -0.133. The van der Waals surface area contributed by atoms with Gasteiger partial charge in [0.15, 0.2) is 0 Å². The summed E-state index contributed by atoms with van der Waals surface area (Å²) in [5.74, 6) is -0.582. The molecule has 1 amide bonds. The van der Waals surface area contributed by atoms with Crippen molar-refractivity contribution in [2.75, 3.05) is 20.2 Å². The van der Waals surface area contributed by atoms with E-state index in [4.69, 9.17) is 10.4 Å². The van der Waals surface area contributed by atoms with E-state index < -0.39 is 5.92 Å². The van der Waals surface area contributed by atoms with Gasteiger partial charge < -0.3 is 10.0 Å². The first-order valence-electron chi connectivity index (χ1n) is 5.80. The summed E-state index contributed by atoms with van der Waals surface area (Å²) < 4.78 is 0. The third-order valence-electron chi connectivity index (χ3n) is 2.60. The summed E-state index contributed by atoms with van der Waals surface area (Å²) in [6.07, 6.45) is 2.56. The Bertz CT molecular complexity index is 246. The first kappa shape index (κ1) is 14.9. The molecule has 4 nitrogen and oxygen atoms in total. The summed E-state index contributed by atoms with van der Waals surface area (Å²) in [4.78, 5) is 13.4. The van der Waals surface area contributed by atoms with Crippen molar-refractivity contribution >= 4 is 5.91 Å². The highest BCUT2D eigenvalue weighted by molar-refractivity contribution is 5.81. The number of nitriles is 1. The number of aliphatic hydroxyl groups excluding tert-OH is 1. The van der Waals surface area contributed by atoms with Gasteiger partial charge in [0.05, 0.1) is 6.07 Å². The monoisotopic (exact) mass is 226 g/mol. The van der Waals surface area contributed by atoms with Crippen molar-refractivity contribution in [3.8, 4) is 6.07 Å². The molecule has 0 aromatic carbocycles. The van der Waals surface area contributed by atoms with E-state index in [2.05, 4.69) is 6.07 Å². The maximum absolute atomic E-state index is 11.8. The Hall–Kier alpha value is -1.08. The number of hydrogen-bond acceptors (Lipinski definition) is 3. The Kier molecular flexibility index (Phi) is 7.57. The van der Waals surface area contributed by atoms with Crippen molar-refractivity contribution in [3.63, 3.8) is 0 Å². The van der Waals surface area contributed by atoms with Crippen LogP contribution in [0.3, 0.4) is 0 Å². The minimum atomic E-state index is -0.539. The van der Waals surface area contributed by atoms with E-state index >= 15 is 0 Å². The van der Waals surface area contributed by atoms with E-state index in [1.165, 1.54) is 0 Å². The van der Waals surface area contributed by atoms with Crippen molar-refractivity contribution in [1.29, 1.82) is 5.26 Å². The van der Waals surface area contributed by atoms with Crippen LogP contribution in [0.4, 0.5) is 0 Å². The largest absolute Gasteiger partial charge is 0.396 e. The molecule has 0 aliphatic rings. The zero-order valence-electron chi connectivity index (χ0n) is 10.4. The normalized spacial score (nSPS) is 12.2. The summed E-state index contributed by atoms with van der Waals surface area (Å²) in [5.41, 5.74) is 0. The van der Waals surface area contributed by atoms with Crippen LogP contribution in [0.15, 0.2) is 0 Å². The topological polar surface area (TPSA) is 64.3 Å².